The minimum absolute atomic E-state index is 0.290. The Hall–Kier alpha value is -0.580. The molecule has 2 aliphatic rings. The lowest BCUT2D eigenvalue weighted by atomic mass is 10.3. The minimum Gasteiger partial charge on any atom is -0.415 e. The lowest BCUT2D eigenvalue weighted by Gasteiger charge is -2.34. The van der Waals surface area contributed by atoms with Gasteiger partial charge in [-0.1, -0.05) is 27.7 Å². The molecule has 2 rings (SSSR count). The highest BCUT2D eigenvalue weighted by Gasteiger charge is 2.22. The number of hydrogen-bond donors (Lipinski definition) is 1. The van der Waals surface area contributed by atoms with Crippen LogP contribution in [0.4, 0.5) is 0 Å². The molecule has 0 aromatic rings. The Bertz CT molecular complexity index is 177. The number of hydrogen-bond acceptors (Lipinski definition) is 4. The summed E-state index contributed by atoms with van der Waals surface area (Å²) in [6.45, 7) is 12.5. The summed E-state index contributed by atoms with van der Waals surface area (Å²) >= 11 is 0. The third-order valence-electron chi connectivity index (χ3n) is 2.45. The summed E-state index contributed by atoms with van der Waals surface area (Å²) < 4.78 is 0. The van der Waals surface area contributed by atoms with Gasteiger partial charge in [-0.05, 0) is 13.1 Å². The van der Waals surface area contributed by atoms with E-state index in [0.717, 1.165) is 26.2 Å². The summed E-state index contributed by atoms with van der Waals surface area (Å²) in [6.07, 6.45) is 4.05. The maximum atomic E-state index is 4.95. The van der Waals surface area contributed by atoms with Crippen molar-refractivity contribution in [1.82, 2.24) is 15.3 Å². The van der Waals surface area contributed by atoms with E-state index in [1.807, 2.05) is 33.8 Å². The monoisotopic (exact) mass is 229 g/mol. The Kier molecular flexibility index (Phi) is 9.28. The average molecular weight is 229 g/mol. The van der Waals surface area contributed by atoms with Crippen LogP contribution in [0, 0.1) is 0 Å². The van der Waals surface area contributed by atoms with Crippen molar-refractivity contribution in [2.24, 2.45) is 0 Å². The molecule has 1 fully saturated rings. The molecule has 1 N–H and O–H groups in total. The zero-order valence-corrected chi connectivity index (χ0v) is 11.4. The summed E-state index contributed by atoms with van der Waals surface area (Å²) in [5, 5.41) is 0. The number of nitrogens with one attached hydrogen (secondary N) is 1. The molecule has 1 unspecified atom stereocenters. The van der Waals surface area contributed by atoms with Crippen LogP contribution < -0.4 is 5.48 Å². The molecule has 16 heavy (non-hydrogen) atoms. The molecule has 1 saturated heterocycles. The van der Waals surface area contributed by atoms with Gasteiger partial charge in [0.1, 0.15) is 12.4 Å². The van der Waals surface area contributed by atoms with Gasteiger partial charge in [-0.2, -0.15) is 0 Å². The van der Waals surface area contributed by atoms with E-state index in [-0.39, 0.29) is 0 Å². The van der Waals surface area contributed by atoms with Crippen molar-refractivity contribution in [2.75, 3.05) is 33.2 Å². The van der Waals surface area contributed by atoms with Crippen molar-refractivity contribution in [3.05, 3.63) is 12.3 Å². The number of likely N-dealkylation sites (N-methyl/N-ethyl adjacent to an activating group) is 1. The first-order valence-corrected chi connectivity index (χ1v) is 6.37. The van der Waals surface area contributed by atoms with Crippen LogP contribution in [-0.2, 0) is 4.84 Å². The van der Waals surface area contributed by atoms with Gasteiger partial charge in [-0.15, -0.1) is 5.48 Å². The molecule has 4 nitrogen and oxygen atoms in total. The Morgan fingerprint density at radius 1 is 1.06 bits per heavy atom. The van der Waals surface area contributed by atoms with Crippen LogP contribution in [0.5, 0.6) is 0 Å². The predicted molar refractivity (Wildman–Crippen MR) is 68.9 cm³/mol. The van der Waals surface area contributed by atoms with Gasteiger partial charge in [0, 0.05) is 26.2 Å². The molecule has 0 bridgehead atoms. The van der Waals surface area contributed by atoms with Crippen LogP contribution in [0.1, 0.15) is 27.7 Å². The summed E-state index contributed by atoms with van der Waals surface area (Å²) in [5.41, 5.74) is 2.94. The van der Waals surface area contributed by atoms with Gasteiger partial charge in [0.25, 0.3) is 0 Å². The molecule has 1 atom stereocenters. The molecule has 0 radical (unpaired) electrons. The molecule has 0 spiro atoms. The van der Waals surface area contributed by atoms with Gasteiger partial charge in [0.05, 0.1) is 0 Å². The molecular weight excluding hydrogens is 202 g/mol. The van der Waals surface area contributed by atoms with Crippen molar-refractivity contribution in [1.29, 1.82) is 0 Å². The third-order valence-corrected chi connectivity index (χ3v) is 2.45. The first-order valence-electron chi connectivity index (χ1n) is 6.37. The van der Waals surface area contributed by atoms with Crippen LogP contribution in [-0.4, -0.2) is 49.2 Å². The van der Waals surface area contributed by atoms with E-state index in [4.69, 9.17) is 4.84 Å². The van der Waals surface area contributed by atoms with E-state index < -0.39 is 0 Å². The molecule has 0 saturated carbocycles. The Balaban J connectivity index is 0.000000509. The standard InChI is InChI=1S/C8H15N3O.2C2H6/c1-10-3-5-11(6-4-10)8-2-7-12-9-8;2*1-2/h2,7-9H,3-6H2,1H3;2*1-2H3. The van der Waals surface area contributed by atoms with E-state index in [9.17, 15) is 0 Å². The summed E-state index contributed by atoms with van der Waals surface area (Å²) in [4.78, 5) is 9.67. The second kappa shape index (κ2) is 9.63. The van der Waals surface area contributed by atoms with Crippen LogP contribution in [0.15, 0.2) is 12.3 Å². The maximum absolute atomic E-state index is 4.95. The topological polar surface area (TPSA) is 27.7 Å². The van der Waals surface area contributed by atoms with Gasteiger partial charge in [-0.25, -0.2) is 0 Å². The van der Waals surface area contributed by atoms with E-state index in [1.54, 1.807) is 6.26 Å². The van der Waals surface area contributed by atoms with Crippen LogP contribution in [0.3, 0.4) is 0 Å². The highest BCUT2D eigenvalue weighted by Crippen LogP contribution is 2.07. The van der Waals surface area contributed by atoms with E-state index in [1.165, 1.54) is 0 Å². The van der Waals surface area contributed by atoms with E-state index in [2.05, 4.69) is 22.3 Å². The van der Waals surface area contributed by atoms with Gasteiger partial charge in [0.15, 0.2) is 0 Å². The number of hydroxylamine groups is 1. The first kappa shape index (κ1) is 15.4. The van der Waals surface area contributed by atoms with Gasteiger partial charge in [-0.3, -0.25) is 4.90 Å². The number of piperazine rings is 1. The molecule has 2 heterocycles. The van der Waals surface area contributed by atoms with Crippen LogP contribution >= 0.6 is 0 Å². The van der Waals surface area contributed by atoms with Crippen molar-refractivity contribution < 1.29 is 4.84 Å². The highest BCUT2D eigenvalue weighted by molar-refractivity contribution is 4.92. The SMILES string of the molecule is CC.CC.CN1CCN(C2C=CON2)CC1. The normalized spacial score (nSPS) is 24.9. The lowest BCUT2D eigenvalue weighted by Crippen LogP contribution is -2.51. The fourth-order valence-electron chi connectivity index (χ4n) is 1.56. The molecule has 0 aromatic carbocycles. The van der Waals surface area contributed by atoms with Crippen molar-refractivity contribution in [3.8, 4) is 0 Å². The third kappa shape index (κ3) is 4.96. The second-order valence-corrected chi connectivity index (χ2v) is 3.35. The molecule has 0 amide bonds. The minimum atomic E-state index is 0.290. The Morgan fingerprint density at radius 2 is 1.62 bits per heavy atom. The fraction of sp³-hybridized carbons (Fsp3) is 0.833. The predicted octanol–water partition coefficient (Wildman–Crippen LogP) is 1.66. The first-order chi connectivity index (χ1) is 7.86. The van der Waals surface area contributed by atoms with Crippen molar-refractivity contribution >= 4 is 0 Å². The van der Waals surface area contributed by atoms with Crippen molar-refractivity contribution in [2.45, 2.75) is 33.9 Å². The quantitative estimate of drug-likeness (QED) is 0.740. The zero-order valence-electron chi connectivity index (χ0n) is 11.4. The van der Waals surface area contributed by atoms with Gasteiger partial charge >= 0.3 is 0 Å². The summed E-state index contributed by atoms with van der Waals surface area (Å²) in [7, 11) is 2.16. The van der Waals surface area contributed by atoms with Crippen LogP contribution in [0.25, 0.3) is 0 Å². The van der Waals surface area contributed by atoms with E-state index >= 15 is 0 Å². The fourth-order valence-corrected chi connectivity index (χ4v) is 1.56. The molecule has 0 aromatic heterocycles. The average Bonchev–Trinajstić information content (AvgIpc) is 2.89. The van der Waals surface area contributed by atoms with Crippen LogP contribution in [0.2, 0.25) is 0 Å². The summed E-state index contributed by atoms with van der Waals surface area (Å²) in [5.74, 6) is 0. The number of nitrogens with zero attached hydrogens (tertiary/aromatic N) is 2. The van der Waals surface area contributed by atoms with Crippen molar-refractivity contribution in [3.63, 3.8) is 0 Å². The Labute approximate surface area is 100 Å². The lowest BCUT2D eigenvalue weighted by molar-refractivity contribution is 0.0443. The Morgan fingerprint density at radius 3 is 2.06 bits per heavy atom. The molecule has 96 valence electrons. The number of rotatable bonds is 1. The molecule has 2 aliphatic heterocycles. The summed E-state index contributed by atoms with van der Waals surface area (Å²) in [6, 6.07) is 0. The maximum Gasteiger partial charge on any atom is 0.116 e. The molecular formula is C12H27N3O. The molecule has 4 heteroatoms. The molecule has 0 aliphatic carbocycles. The smallest absolute Gasteiger partial charge is 0.116 e. The van der Waals surface area contributed by atoms with Gasteiger partial charge in [0.2, 0.25) is 0 Å². The second-order valence-electron chi connectivity index (χ2n) is 3.35. The highest BCUT2D eigenvalue weighted by atomic mass is 16.6. The van der Waals surface area contributed by atoms with Gasteiger partial charge < -0.3 is 9.74 Å². The zero-order chi connectivity index (χ0) is 12.4. The van der Waals surface area contributed by atoms with E-state index in [0.29, 0.717) is 6.17 Å². The largest absolute Gasteiger partial charge is 0.415 e.